The molecule has 8 aromatic carbocycles. The Hall–Kier alpha value is -6.74. The zero-order chi connectivity index (χ0) is 38.4. The van der Waals surface area contributed by atoms with Crippen LogP contribution in [-0.4, -0.2) is 21.8 Å². The number of halogens is 1. The Bertz CT molecular complexity index is 2790. The number of nitrogens with two attached hydrogens (primary N) is 2. The van der Waals surface area contributed by atoms with Crippen molar-refractivity contribution in [1.29, 1.82) is 0 Å². The number of aromatic nitrogens is 2. The number of fused-ring (bicyclic) bond motifs is 6. The number of rotatable bonds is 5. The number of hydrogen-bond donors (Lipinski definition) is 3. The topological polar surface area (TPSA) is 91.4 Å². The van der Waals surface area contributed by atoms with Gasteiger partial charge >= 0.3 is 7.69 Å². The molecule has 0 aliphatic heterocycles. The molecule has 2 heterocycles. The van der Waals surface area contributed by atoms with Gasteiger partial charge in [0, 0.05) is 54.8 Å². The summed E-state index contributed by atoms with van der Waals surface area (Å²) in [5.74, 6) is 0.599. The van der Waals surface area contributed by atoms with Crippen molar-refractivity contribution in [1.82, 2.24) is 9.13 Å². The summed E-state index contributed by atoms with van der Waals surface area (Å²) >= 11 is 3.29. The molecule has 10 aromatic rings. The summed E-state index contributed by atoms with van der Waals surface area (Å²) in [6.45, 7) is 0. The van der Waals surface area contributed by atoms with Gasteiger partial charge in [0.2, 0.25) is 0 Å². The summed E-state index contributed by atoms with van der Waals surface area (Å²) < 4.78 is 10.7. The molecule has 0 aliphatic carbocycles. The molecule has 10 rings (SSSR count). The molecule has 0 spiro atoms. The van der Waals surface area contributed by atoms with E-state index in [0.717, 1.165) is 38.3 Å². The Balaban J connectivity index is 0.000000133. The van der Waals surface area contributed by atoms with E-state index in [1.807, 2.05) is 72.8 Å². The van der Waals surface area contributed by atoms with Gasteiger partial charge in [0.25, 0.3) is 0 Å². The first kappa shape index (κ1) is 36.3. The lowest BCUT2D eigenvalue weighted by atomic mass is 10.0. The molecular weight excluding hydrogens is 755 g/mol. The van der Waals surface area contributed by atoms with Gasteiger partial charge in [-0.15, -0.1) is 0 Å². The summed E-state index contributed by atoms with van der Waals surface area (Å²) in [7, 11) is 0.699. The standard InChI is InChI=1S/C24H18N2.C18H13BNO2.C6H6BrN/c25-19-14-12-17(13-15-19)18-6-5-7-20(16-18)26-23-10-3-1-8-21(23)22-9-2-4-11-24(22)26;21-19-22-14-7-5-6-13(12-14)20-17-10-3-1-8-15(17)16-9-2-4-11-18(16)20;7-5-1-3-6(8)4-2-5/h1-16H,25H2;1-12,21H;1-4H,8H2. The average molecular weight is 793 g/mol. The number of hydrogen-bond acceptors (Lipinski definition) is 4. The van der Waals surface area contributed by atoms with Gasteiger partial charge < -0.3 is 30.3 Å². The van der Waals surface area contributed by atoms with Crippen LogP contribution in [0, 0.1) is 0 Å². The van der Waals surface area contributed by atoms with Gasteiger partial charge in [0.1, 0.15) is 5.75 Å². The molecular formula is C48H37BBrN4O2. The molecule has 5 N–H and O–H groups in total. The number of benzene rings is 8. The smallest absolute Gasteiger partial charge is 0.537 e. The predicted molar refractivity (Wildman–Crippen MR) is 239 cm³/mol. The molecule has 1 radical (unpaired) electrons. The highest BCUT2D eigenvalue weighted by Crippen LogP contribution is 2.34. The van der Waals surface area contributed by atoms with Gasteiger partial charge in [-0.3, -0.25) is 0 Å². The second kappa shape index (κ2) is 16.3. The lowest BCUT2D eigenvalue weighted by molar-refractivity contribution is 0.453. The fraction of sp³-hybridized carbons (Fsp3) is 0. The van der Waals surface area contributed by atoms with Gasteiger partial charge in [-0.2, -0.15) is 0 Å². The molecule has 2 aromatic heterocycles. The highest BCUT2D eigenvalue weighted by Gasteiger charge is 2.13. The normalized spacial score (nSPS) is 10.8. The lowest BCUT2D eigenvalue weighted by Crippen LogP contribution is -2.01. The van der Waals surface area contributed by atoms with Crippen molar-refractivity contribution < 1.29 is 9.68 Å². The van der Waals surface area contributed by atoms with E-state index in [-0.39, 0.29) is 0 Å². The SMILES string of the molecule is Nc1ccc(-c2cccc(-n3c4ccccc4c4ccccc43)c2)cc1.Nc1ccc(Br)cc1.O[B]Oc1cccc(-n2c3ccccc3c3ccccc32)c1. The third-order valence-electron chi connectivity index (χ3n) is 9.64. The Morgan fingerprint density at radius 3 is 1.29 bits per heavy atom. The maximum atomic E-state index is 8.83. The Morgan fingerprint density at radius 1 is 0.429 bits per heavy atom. The van der Waals surface area contributed by atoms with Crippen molar-refractivity contribution in [2.75, 3.05) is 11.5 Å². The lowest BCUT2D eigenvalue weighted by Gasteiger charge is -2.10. The molecule has 6 nitrogen and oxygen atoms in total. The number of anilines is 2. The van der Waals surface area contributed by atoms with E-state index in [2.05, 4.69) is 146 Å². The minimum Gasteiger partial charge on any atom is -0.537 e. The minimum absolute atomic E-state index is 0.599. The summed E-state index contributed by atoms with van der Waals surface area (Å²) in [4.78, 5) is 0. The van der Waals surface area contributed by atoms with Gasteiger partial charge in [0.15, 0.2) is 0 Å². The first-order valence-corrected chi connectivity index (χ1v) is 18.9. The summed E-state index contributed by atoms with van der Waals surface area (Å²) in [6, 6.07) is 65.7. The molecule has 0 amide bonds. The van der Waals surface area contributed by atoms with Crippen LogP contribution in [0.5, 0.6) is 5.75 Å². The van der Waals surface area contributed by atoms with Gasteiger partial charge in [-0.05, 0) is 96.1 Å². The van der Waals surface area contributed by atoms with E-state index in [4.69, 9.17) is 21.1 Å². The molecule has 0 bridgehead atoms. The van der Waals surface area contributed by atoms with Crippen LogP contribution in [0.1, 0.15) is 0 Å². The average Bonchev–Trinajstić information content (AvgIpc) is 3.76. The van der Waals surface area contributed by atoms with E-state index in [1.165, 1.54) is 43.7 Å². The maximum absolute atomic E-state index is 8.83. The van der Waals surface area contributed by atoms with Gasteiger partial charge in [-0.1, -0.05) is 119 Å². The van der Waals surface area contributed by atoms with E-state index in [1.54, 1.807) is 0 Å². The first-order valence-electron chi connectivity index (χ1n) is 18.2. The third-order valence-corrected chi connectivity index (χ3v) is 10.2. The number of nitrogens with zero attached hydrogens (tertiary/aromatic N) is 2. The van der Waals surface area contributed by atoms with Crippen LogP contribution >= 0.6 is 15.9 Å². The van der Waals surface area contributed by atoms with Gasteiger partial charge in [0.05, 0.1) is 22.1 Å². The minimum atomic E-state index is 0.599. The van der Waals surface area contributed by atoms with Crippen molar-refractivity contribution in [3.63, 3.8) is 0 Å². The second-order valence-corrected chi connectivity index (χ2v) is 14.1. The molecule has 0 unspecified atom stereocenters. The van der Waals surface area contributed by atoms with Crippen molar-refractivity contribution in [2.45, 2.75) is 0 Å². The van der Waals surface area contributed by atoms with Crippen LogP contribution in [0.2, 0.25) is 0 Å². The molecule has 0 atom stereocenters. The van der Waals surface area contributed by atoms with Crippen LogP contribution in [0.3, 0.4) is 0 Å². The fourth-order valence-corrected chi connectivity index (χ4v) is 7.39. The Labute approximate surface area is 334 Å². The summed E-state index contributed by atoms with van der Waals surface area (Å²) in [5, 5.41) is 13.8. The molecule has 8 heteroatoms. The monoisotopic (exact) mass is 791 g/mol. The van der Waals surface area contributed by atoms with E-state index < -0.39 is 0 Å². The molecule has 0 fully saturated rings. The van der Waals surface area contributed by atoms with Gasteiger partial charge in [-0.25, -0.2) is 0 Å². The first-order chi connectivity index (χ1) is 27.5. The van der Waals surface area contributed by atoms with Crippen molar-refractivity contribution in [3.8, 4) is 28.3 Å². The van der Waals surface area contributed by atoms with Crippen LogP contribution < -0.4 is 16.1 Å². The zero-order valence-corrected chi connectivity index (χ0v) is 31.9. The van der Waals surface area contributed by atoms with Crippen molar-refractivity contribution in [3.05, 3.63) is 199 Å². The largest absolute Gasteiger partial charge is 0.569 e. The second-order valence-electron chi connectivity index (χ2n) is 13.2. The zero-order valence-electron chi connectivity index (χ0n) is 30.3. The summed E-state index contributed by atoms with van der Waals surface area (Å²) in [5.41, 5.74) is 22.1. The van der Waals surface area contributed by atoms with Crippen LogP contribution in [0.15, 0.2) is 199 Å². The predicted octanol–water partition coefficient (Wildman–Crippen LogP) is 11.8. The molecule has 0 aliphatic rings. The quantitative estimate of drug-likeness (QED) is 0.120. The summed E-state index contributed by atoms with van der Waals surface area (Å²) in [6.07, 6.45) is 0. The van der Waals surface area contributed by atoms with E-state index in [0.29, 0.717) is 13.4 Å². The molecule has 56 heavy (non-hydrogen) atoms. The third kappa shape index (κ3) is 7.48. The fourth-order valence-electron chi connectivity index (χ4n) is 7.12. The van der Waals surface area contributed by atoms with Crippen LogP contribution in [0.4, 0.5) is 11.4 Å². The van der Waals surface area contributed by atoms with E-state index in [9.17, 15) is 0 Å². The van der Waals surface area contributed by atoms with Crippen molar-refractivity contribution >= 4 is 78.6 Å². The number of nitrogen functional groups attached to an aromatic ring is 2. The maximum Gasteiger partial charge on any atom is 0.569 e. The Morgan fingerprint density at radius 2 is 0.839 bits per heavy atom. The Kier molecular flexibility index (Phi) is 10.6. The number of para-hydroxylation sites is 4. The van der Waals surface area contributed by atoms with E-state index >= 15 is 0 Å². The molecule has 0 saturated carbocycles. The van der Waals surface area contributed by atoms with Crippen molar-refractivity contribution in [2.24, 2.45) is 0 Å². The molecule has 271 valence electrons. The van der Waals surface area contributed by atoms with Crippen LogP contribution in [-0.2, 0) is 0 Å². The molecule has 0 saturated heterocycles. The van der Waals surface area contributed by atoms with Crippen LogP contribution in [0.25, 0.3) is 66.1 Å². The highest BCUT2D eigenvalue weighted by atomic mass is 79.9. The highest BCUT2D eigenvalue weighted by molar-refractivity contribution is 9.10.